The fraction of sp³-hybridized carbons (Fsp3) is 0.440. The van der Waals surface area contributed by atoms with E-state index in [9.17, 15) is 22.4 Å². The largest absolute Gasteiger partial charge is 0.342 e. The van der Waals surface area contributed by atoms with Gasteiger partial charge < -0.3 is 9.80 Å². The molecule has 2 saturated heterocycles. The maximum absolute atomic E-state index is 13.3. The van der Waals surface area contributed by atoms with E-state index in [4.69, 9.17) is 0 Å². The second kappa shape index (κ2) is 10.7. The lowest BCUT2D eigenvalue weighted by atomic mass is 9.95. The van der Waals surface area contributed by atoms with Gasteiger partial charge in [-0.15, -0.1) is 0 Å². The molecule has 0 aliphatic carbocycles. The third-order valence-electron chi connectivity index (χ3n) is 6.54. The minimum absolute atomic E-state index is 0.0155. The van der Waals surface area contributed by atoms with Crippen molar-refractivity contribution in [3.05, 3.63) is 66.0 Å². The van der Waals surface area contributed by atoms with Crippen molar-refractivity contribution in [1.29, 1.82) is 0 Å². The standard InChI is InChI=1S/C25H30FN3O4S/c26-22-9-11-23(12-10-22)34(32,33)29-15-5-14-27(16-17-29)25(31)21-8-4-13-28(19-21)24(30)18-20-6-2-1-3-7-20/h1-3,6-7,9-12,21H,4-5,8,13-19H2. The molecule has 0 aromatic heterocycles. The summed E-state index contributed by atoms with van der Waals surface area (Å²) in [5.41, 5.74) is 0.955. The Morgan fingerprint density at radius 1 is 0.853 bits per heavy atom. The first-order valence-corrected chi connectivity index (χ1v) is 13.1. The monoisotopic (exact) mass is 487 g/mol. The number of hydrogen-bond donors (Lipinski definition) is 0. The highest BCUT2D eigenvalue weighted by Gasteiger charge is 2.33. The Kier molecular flexibility index (Phi) is 7.63. The van der Waals surface area contributed by atoms with Crippen molar-refractivity contribution >= 4 is 21.8 Å². The van der Waals surface area contributed by atoms with Crippen molar-refractivity contribution in [3.63, 3.8) is 0 Å². The van der Waals surface area contributed by atoms with Crippen molar-refractivity contribution in [1.82, 2.24) is 14.1 Å². The minimum atomic E-state index is -3.75. The van der Waals surface area contributed by atoms with Gasteiger partial charge in [-0.25, -0.2) is 12.8 Å². The zero-order chi connectivity index (χ0) is 24.1. The summed E-state index contributed by atoms with van der Waals surface area (Å²) < 4.78 is 40.5. The Bertz CT molecular complexity index is 1110. The van der Waals surface area contributed by atoms with Gasteiger partial charge in [0.05, 0.1) is 17.2 Å². The second-order valence-corrected chi connectivity index (χ2v) is 10.8. The van der Waals surface area contributed by atoms with E-state index >= 15 is 0 Å². The number of nitrogens with zero attached hydrogens (tertiary/aromatic N) is 3. The maximum atomic E-state index is 13.3. The van der Waals surface area contributed by atoms with E-state index in [0.717, 1.165) is 30.5 Å². The molecular formula is C25H30FN3O4S. The van der Waals surface area contributed by atoms with Crippen LogP contribution in [0, 0.1) is 11.7 Å². The van der Waals surface area contributed by atoms with E-state index in [2.05, 4.69) is 0 Å². The average Bonchev–Trinajstić information content (AvgIpc) is 3.11. The zero-order valence-corrected chi connectivity index (χ0v) is 19.9. The van der Waals surface area contributed by atoms with Crippen molar-refractivity contribution in [2.45, 2.75) is 30.6 Å². The molecule has 0 spiro atoms. The molecule has 0 saturated carbocycles. The number of rotatable bonds is 5. The van der Waals surface area contributed by atoms with Crippen LogP contribution in [0.15, 0.2) is 59.5 Å². The Balaban J connectivity index is 1.36. The highest BCUT2D eigenvalue weighted by atomic mass is 32.2. The lowest BCUT2D eigenvalue weighted by Crippen LogP contribution is -2.48. The van der Waals surface area contributed by atoms with Gasteiger partial charge in [0.15, 0.2) is 0 Å². The minimum Gasteiger partial charge on any atom is -0.342 e. The maximum Gasteiger partial charge on any atom is 0.243 e. The summed E-state index contributed by atoms with van der Waals surface area (Å²) in [6, 6.07) is 14.4. The molecule has 9 heteroatoms. The summed E-state index contributed by atoms with van der Waals surface area (Å²) in [4.78, 5) is 29.6. The lowest BCUT2D eigenvalue weighted by Gasteiger charge is -2.35. The van der Waals surface area contributed by atoms with Crippen molar-refractivity contribution in [3.8, 4) is 0 Å². The third kappa shape index (κ3) is 5.64. The Morgan fingerprint density at radius 3 is 2.29 bits per heavy atom. The SMILES string of the molecule is O=C(Cc1ccccc1)N1CCCC(C(=O)N2CCCN(S(=O)(=O)c3ccc(F)cc3)CC2)C1. The van der Waals surface area contributed by atoms with E-state index < -0.39 is 15.8 Å². The number of carbonyl (C=O) groups is 2. The predicted octanol–water partition coefficient (Wildman–Crippen LogP) is 2.53. The molecule has 2 amide bonds. The van der Waals surface area contributed by atoms with Crippen LogP contribution in [-0.4, -0.2) is 73.6 Å². The van der Waals surface area contributed by atoms with Gasteiger partial charge in [0.1, 0.15) is 5.82 Å². The first-order chi connectivity index (χ1) is 16.3. The summed E-state index contributed by atoms with van der Waals surface area (Å²) in [5.74, 6) is -0.751. The van der Waals surface area contributed by atoms with Crippen LogP contribution in [0.2, 0.25) is 0 Å². The first-order valence-electron chi connectivity index (χ1n) is 11.7. The molecule has 2 fully saturated rings. The second-order valence-electron chi connectivity index (χ2n) is 8.88. The molecule has 4 rings (SSSR count). The normalized spacial score (nSPS) is 20.1. The highest BCUT2D eigenvalue weighted by Crippen LogP contribution is 2.23. The number of piperidine rings is 1. The smallest absolute Gasteiger partial charge is 0.243 e. The molecule has 0 bridgehead atoms. The number of halogens is 1. The molecule has 2 aromatic rings. The Morgan fingerprint density at radius 2 is 1.56 bits per heavy atom. The molecule has 1 atom stereocenters. The molecule has 0 N–H and O–H groups in total. The number of carbonyl (C=O) groups excluding carboxylic acids is 2. The molecule has 2 heterocycles. The van der Waals surface area contributed by atoms with Gasteiger partial charge in [-0.1, -0.05) is 30.3 Å². The van der Waals surface area contributed by atoms with Crippen LogP contribution >= 0.6 is 0 Å². The number of benzene rings is 2. The fourth-order valence-corrected chi connectivity index (χ4v) is 6.13. The number of hydrogen-bond acceptors (Lipinski definition) is 4. The van der Waals surface area contributed by atoms with Gasteiger partial charge in [-0.05, 0) is 49.1 Å². The Labute approximate surface area is 200 Å². The molecule has 2 aromatic carbocycles. The van der Waals surface area contributed by atoms with Crippen LogP contribution in [-0.2, 0) is 26.0 Å². The summed E-state index contributed by atoms with van der Waals surface area (Å²) in [5, 5.41) is 0. The predicted molar refractivity (Wildman–Crippen MR) is 126 cm³/mol. The first kappa shape index (κ1) is 24.3. The van der Waals surface area contributed by atoms with Crippen LogP contribution in [0.5, 0.6) is 0 Å². The fourth-order valence-electron chi connectivity index (χ4n) is 4.66. The van der Waals surface area contributed by atoms with Gasteiger partial charge in [-0.2, -0.15) is 4.31 Å². The molecule has 1 unspecified atom stereocenters. The quantitative estimate of drug-likeness (QED) is 0.650. The van der Waals surface area contributed by atoms with Gasteiger partial charge in [0.2, 0.25) is 21.8 Å². The molecule has 7 nitrogen and oxygen atoms in total. The molecular weight excluding hydrogens is 457 g/mol. The van der Waals surface area contributed by atoms with Crippen molar-refractivity contribution in [2.75, 3.05) is 39.3 Å². The third-order valence-corrected chi connectivity index (χ3v) is 8.45. The summed E-state index contributed by atoms with van der Waals surface area (Å²) >= 11 is 0. The summed E-state index contributed by atoms with van der Waals surface area (Å²) in [6.07, 6.45) is 2.34. The average molecular weight is 488 g/mol. The number of sulfonamides is 1. The van der Waals surface area contributed by atoms with Crippen molar-refractivity contribution < 1.29 is 22.4 Å². The molecule has 182 valence electrons. The lowest BCUT2D eigenvalue weighted by molar-refractivity contribution is -0.140. The van der Waals surface area contributed by atoms with Crippen LogP contribution in [0.1, 0.15) is 24.8 Å². The van der Waals surface area contributed by atoms with Crippen LogP contribution in [0.4, 0.5) is 4.39 Å². The Hall–Kier alpha value is -2.78. The summed E-state index contributed by atoms with van der Waals surface area (Å²) in [7, 11) is -3.75. The van der Waals surface area contributed by atoms with E-state index in [1.165, 1.54) is 16.4 Å². The zero-order valence-electron chi connectivity index (χ0n) is 19.1. The van der Waals surface area contributed by atoms with E-state index in [1.807, 2.05) is 30.3 Å². The molecule has 0 radical (unpaired) electrons. The van der Waals surface area contributed by atoms with Gasteiger partial charge in [0, 0.05) is 39.3 Å². The van der Waals surface area contributed by atoms with Gasteiger partial charge in [-0.3, -0.25) is 9.59 Å². The van der Waals surface area contributed by atoms with E-state index in [1.54, 1.807) is 9.80 Å². The summed E-state index contributed by atoms with van der Waals surface area (Å²) in [6.45, 7) is 2.32. The molecule has 2 aliphatic rings. The van der Waals surface area contributed by atoms with Gasteiger partial charge in [0.25, 0.3) is 0 Å². The topological polar surface area (TPSA) is 78.0 Å². The van der Waals surface area contributed by atoms with Crippen LogP contribution in [0.25, 0.3) is 0 Å². The van der Waals surface area contributed by atoms with E-state index in [0.29, 0.717) is 45.6 Å². The molecule has 2 aliphatic heterocycles. The van der Waals surface area contributed by atoms with Crippen LogP contribution in [0.3, 0.4) is 0 Å². The van der Waals surface area contributed by atoms with Crippen molar-refractivity contribution in [2.24, 2.45) is 5.92 Å². The van der Waals surface area contributed by atoms with Gasteiger partial charge >= 0.3 is 0 Å². The number of amides is 2. The van der Waals surface area contributed by atoms with Crippen LogP contribution < -0.4 is 0 Å². The van der Waals surface area contributed by atoms with E-state index in [-0.39, 0.29) is 29.2 Å². The molecule has 34 heavy (non-hydrogen) atoms. The number of likely N-dealkylation sites (tertiary alicyclic amines) is 1. The highest BCUT2D eigenvalue weighted by molar-refractivity contribution is 7.89.